The van der Waals surface area contributed by atoms with Crippen LogP contribution in [0.1, 0.15) is 15.8 Å². The van der Waals surface area contributed by atoms with E-state index in [1.54, 1.807) is 18.2 Å². The molecule has 2 aromatic carbocycles. The summed E-state index contributed by atoms with van der Waals surface area (Å²) >= 11 is 20.0. The van der Waals surface area contributed by atoms with E-state index in [0.717, 1.165) is 20.5 Å². The average Bonchev–Trinajstić information content (AvgIpc) is 2.81. The molecule has 0 N–H and O–H groups in total. The van der Waals surface area contributed by atoms with E-state index in [0.29, 0.717) is 10.0 Å². The fourth-order valence-electron chi connectivity index (χ4n) is 2.01. The van der Waals surface area contributed by atoms with Gasteiger partial charge in [0.15, 0.2) is 0 Å². The third kappa shape index (κ3) is 2.66. The van der Waals surface area contributed by atoms with Crippen molar-refractivity contribution in [2.75, 3.05) is 0 Å². The van der Waals surface area contributed by atoms with E-state index in [1.165, 1.54) is 23.5 Å². The van der Waals surface area contributed by atoms with Crippen LogP contribution < -0.4 is 0 Å². The van der Waals surface area contributed by atoms with Gasteiger partial charge in [0.1, 0.15) is 5.82 Å². The number of halogens is 4. The number of hydrogen-bond acceptors (Lipinski definition) is 1. The zero-order chi connectivity index (χ0) is 14.3. The first kappa shape index (κ1) is 14.2. The van der Waals surface area contributed by atoms with E-state index in [-0.39, 0.29) is 11.2 Å². The lowest BCUT2D eigenvalue weighted by Gasteiger charge is -2.09. The first-order chi connectivity index (χ1) is 9.54. The number of fused-ring (bicyclic) bond motifs is 1. The summed E-state index contributed by atoms with van der Waals surface area (Å²) in [4.78, 5) is 0.927. The minimum Gasteiger partial charge on any atom is -0.207 e. The van der Waals surface area contributed by atoms with Gasteiger partial charge in [-0.3, -0.25) is 0 Å². The molecule has 3 rings (SSSR count). The molecule has 0 aliphatic carbocycles. The number of alkyl halides is 1. The maximum Gasteiger partial charge on any atom is 0.124 e. The maximum absolute atomic E-state index is 13.2. The molecule has 0 radical (unpaired) electrons. The van der Waals surface area contributed by atoms with Crippen LogP contribution in [0.2, 0.25) is 10.0 Å². The number of benzene rings is 2. The third-order valence-electron chi connectivity index (χ3n) is 2.99. The van der Waals surface area contributed by atoms with Crippen molar-refractivity contribution in [2.24, 2.45) is 0 Å². The Hall–Kier alpha value is -0.800. The van der Waals surface area contributed by atoms with E-state index >= 15 is 0 Å². The van der Waals surface area contributed by atoms with Crippen molar-refractivity contribution in [3.8, 4) is 0 Å². The Morgan fingerprint density at radius 1 is 1.00 bits per heavy atom. The molecule has 0 amide bonds. The standard InChI is InChI=1S/C15H8Cl3FS/c16-9-2-4-11(12(17)6-9)15(18)14-5-8-1-3-10(19)7-13(8)20-14/h1-7,15H. The highest BCUT2D eigenvalue weighted by Crippen LogP contribution is 2.40. The number of thiophene rings is 1. The van der Waals surface area contributed by atoms with Crippen LogP contribution in [0.3, 0.4) is 0 Å². The van der Waals surface area contributed by atoms with Crippen LogP contribution in [0.25, 0.3) is 10.1 Å². The molecule has 20 heavy (non-hydrogen) atoms. The lowest BCUT2D eigenvalue weighted by molar-refractivity contribution is 0.630. The molecule has 1 aromatic heterocycles. The zero-order valence-electron chi connectivity index (χ0n) is 10.0. The fraction of sp³-hybridized carbons (Fsp3) is 0.0667. The van der Waals surface area contributed by atoms with Crippen molar-refractivity contribution in [2.45, 2.75) is 5.38 Å². The molecule has 102 valence electrons. The lowest BCUT2D eigenvalue weighted by Crippen LogP contribution is -1.91. The largest absolute Gasteiger partial charge is 0.207 e. The van der Waals surface area contributed by atoms with Crippen LogP contribution >= 0.6 is 46.1 Å². The lowest BCUT2D eigenvalue weighted by atomic mass is 10.1. The molecule has 0 aliphatic rings. The molecule has 0 aliphatic heterocycles. The van der Waals surface area contributed by atoms with Gasteiger partial charge in [0.2, 0.25) is 0 Å². The van der Waals surface area contributed by atoms with Gasteiger partial charge in [0, 0.05) is 19.6 Å². The maximum atomic E-state index is 13.2. The molecule has 0 saturated heterocycles. The third-order valence-corrected chi connectivity index (χ3v) is 5.31. The van der Waals surface area contributed by atoms with Crippen molar-refractivity contribution >= 4 is 56.2 Å². The van der Waals surface area contributed by atoms with Gasteiger partial charge >= 0.3 is 0 Å². The molecule has 5 heteroatoms. The average molecular weight is 346 g/mol. The highest BCUT2D eigenvalue weighted by molar-refractivity contribution is 7.19. The van der Waals surface area contributed by atoms with E-state index in [4.69, 9.17) is 34.8 Å². The minimum atomic E-state index is -0.375. The van der Waals surface area contributed by atoms with Gasteiger partial charge in [-0.05, 0) is 41.3 Å². The molecule has 1 heterocycles. The summed E-state index contributed by atoms with van der Waals surface area (Å²) in [6, 6.07) is 11.9. The molecule has 0 fully saturated rings. The van der Waals surface area contributed by atoms with E-state index in [2.05, 4.69) is 0 Å². The molecule has 3 aromatic rings. The van der Waals surface area contributed by atoms with Crippen LogP contribution in [0.5, 0.6) is 0 Å². The molecule has 0 nitrogen and oxygen atoms in total. The smallest absolute Gasteiger partial charge is 0.124 e. The molecule has 0 spiro atoms. The SMILES string of the molecule is Fc1ccc2cc(C(Cl)c3ccc(Cl)cc3Cl)sc2c1. The molecule has 1 atom stereocenters. The Morgan fingerprint density at radius 3 is 2.55 bits per heavy atom. The van der Waals surface area contributed by atoms with E-state index in [9.17, 15) is 4.39 Å². The summed E-state index contributed by atoms with van der Waals surface area (Å²) < 4.78 is 14.1. The van der Waals surface area contributed by atoms with Gasteiger partial charge < -0.3 is 0 Å². The summed E-state index contributed by atoms with van der Waals surface area (Å²) in [7, 11) is 0. The number of hydrogen-bond donors (Lipinski definition) is 0. The monoisotopic (exact) mass is 344 g/mol. The van der Waals surface area contributed by atoms with E-state index < -0.39 is 0 Å². The van der Waals surface area contributed by atoms with Crippen molar-refractivity contribution < 1.29 is 4.39 Å². The molecule has 0 saturated carbocycles. The van der Waals surface area contributed by atoms with Crippen LogP contribution in [0.15, 0.2) is 42.5 Å². The van der Waals surface area contributed by atoms with Crippen molar-refractivity contribution in [1.82, 2.24) is 0 Å². The van der Waals surface area contributed by atoms with Gasteiger partial charge in [-0.25, -0.2) is 4.39 Å². The first-order valence-electron chi connectivity index (χ1n) is 5.82. The second-order valence-electron chi connectivity index (χ2n) is 4.36. The summed E-state index contributed by atoms with van der Waals surface area (Å²) in [5.41, 5.74) is 0.796. The fourth-order valence-corrected chi connectivity index (χ4v) is 4.06. The normalized spacial score (nSPS) is 12.8. The Morgan fingerprint density at radius 2 is 1.80 bits per heavy atom. The number of rotatable bonds is 2. The van der Waals surface area contributed by atoms with Crippen LogP contribution in [0, 0.1) is 5.82 Å². The predicted octanol–water partition coefficient (Wildman–Crippen LogP) is 6.68. The molecular formula is C15H8Cl3FS. The molecule has 0 bridgehead atoms. The summed E-state index contributed by atoms with van der Waals surface area (Å²) in [5, 5.41) is 1.70. The Labute approximate surface area is 134 Å². The van der Waals surface area contributed by atoms with Gasteiger partial charge in [-0.1, -0.05) is 35.3 Å². The van der Waals surface area contributed by atoms with E-state index in [1.807, 2.05) is 12.1 Å². The zero-order valence-corrected chi connectivity index (χ0v) is 13.1. The first-order valence-corrected chi connectivity index (χ1v) is 7.83. The quantitative estimate of drug-likeness (QED) is 0.455. The minimum absolute atomic E-state index is 0.249. The Bertz CT molecular complexity index is 782. The second kappa shape index (κ2) is 5.53. The Balaban J connectivity index is 2.05. The van der Waals surface area contributed by atoms with Gasteiger partial charge in [-0.2, -0.15) is 0 Å². The Kier molecular flexibility index (Phi) is 3.91. The highest BCUT2D eigenvalue weighted by atomic mass is 35.5. The second-order valence-corrected chi connectivity index (χ2v) is 6.75. The van der Waals surface area contributed by atoms with Gasteiger partial charge in [0.05, 0.1) is 5.38 Å². The van der Waals surface area contributed by atoms with Crippen molar-refractivity contribution in [3.63, 3.8) is 0 Å². The van der Waals surface area contributed by atoms with Crippen LogP contribution in [0.4, 0.5) is 4.39 Å². The van der Waals surface area contributed by atoms with Crippen LogP contribution in [-0.4, -0.2) is 0 Å². The topological polar surface area (TPSA) is 0 Å². The summed E-state index contributed by atoms with van der Waals surface area (Å²) in [6.07, 6.45) is 0. The van der Waals surface area contributed by atoms with Crippen molar-refractivity contribution in [3.05, 3.63) is 68.8 Å². The predicted molar refractivity (Wildman–Crippen MR) is 85.9 cm³/mol. The van der Waals surface area contributed by atoms with Crippen LogP contribution in [-0.2, 0) is 0 Å². The summed E-state index contributed by atoms with van der Waals surface area (Å²) in [5.74, 6) is -0.249. The van der Waals surface area contributed by atoms with Crippen molar-refractivity contribution in [1.29, 1.82) is 0 Å². The summed E-state index contributed by atoms with van der Waals surface area (Å²) in [6.45, 7) is 0. The highest BCUT2D eigenvalue weighted by Gasteiger charge is 2.17. The van der Waals surface area contributed by atoms with Gasteiger partial charge in [-0.15, -0.1) is 22.9 Å². The molecular weight excluding hydrogens is 338 g/mol. The van der Waals surface area contributed by atoms with Gasteiger partial charge in [0.25, 0.3) is 0 Å². The molecule has 1 unspecified atom stereocenters.